The zero-order chi connectivity index (χ0) is 8.43. The van der Waals surface area contributed by atoms with Gasteiger partial charge < -0.3 is 4.90 Å². The minimum Gasteiger partial charge on any atom is -0.343 e. The Morgan fingerprint density at radius 2 is 2.18 bits per heavy atom. The number of hydrogen-bond acceptors (Lipinski definition) is 1. The predicted octanol–water partition coefficient (Wildman–Crippen LogP) is 1.51. The molecule has 1 atom stereocenters. The van der Waals surface area contributed by atoms with Gasteiger partial charge in [-0.2, -0.15) is 0 Å². The van der Waals surface area contributed by atoms with Crippen molar-refractivity contribution in [3.8, 4) is 0 Å². The molecule has 0 bridgehead atoms. The number of nitrogens with zero attached hydrogens (tertiary/aromatic N) is 1. The van der Waals surface area contributed by atoms with Crippen LogP contribution in [-0.2, 0) is 4.79 Å². The highest BCUT2D eigenvalue weighted by Gasteiger charge is 2.25. The van der Waals surface area contributed by atoms with E-state index in [0.717, 1.165) is 24.9 Å². The average molecular weight is 155 g/mol. The first-order valence-corrected chi connectivity index (χ1v) is 4.36. The van der Waals surface area contributed by atoms with Gasteiger partial charge in [-0.1, -0.05) is 13.8 Å². The molecule has 0 radical (unpaired) electrons. The van der Waals surface area contributed by atoms with Crippen molar-refractivity contribution in [1.29, 1.82) is 0 Å². The highest BCUT2D eigenvalue weighted by atomic mass is 16.2. The zero-order valence-electron chi connectivity index (χ0n) is 7.63. The fraction of sp³-hybridized carbons (Fsp3) is 0.889. The van der Waals surface area contributed by atoms with Gasteiger partial charge in [-0.05, 0) is 18.3 Å². The summed E-state index contributed by atoms with van der Waals surface area (Å²) in [6, 6.07) is 0. The van der Waals surface area contributed by atoms with Crippen molar-refractivity contribution in [2.24, 2.45) is 11.8 Å². The molecule has 1 fully saturated rings. The van der Waals surface area contributed by atoms with Crippen molar-refractivity contribution in [2.75, 3.05) is 13.1 Å². The maximum atomic E-state index is 10.9. The molecule has 0 saturated carbocycles. The lowest BCUT2D eigenvalue weighted by Crippen LogP contribution is -2.26. The molecule has 2 heteroatoms. The normalized spacial score (nSPS) is 24.7. The molecule has 1 unspecified atom stereocenters. The molecule has 1 amide bonds. The first-order valence-electron chi connectivity index (χ1n) is 4.36. The molecule has 0 spiro atoms. The van der Waals surface area contributed by atoms with Gasteiger partial charge >= 0.3 is 0 Å². The van der Waals surface area contributed by atoms with Crippen LogP contribution >= 0.6 is 0 Å². The van der Waals surface area contributed by atoms with E-state index in [1.165, 1.54) is 6.42 Å². The SMILES string of the molecule is CC(=O)N1CCC(C(C)C)C1. The molecular weight excluding hydrogens is 138 g/mol. The molecule has 1 rings (SSSR count). The molecule has 0 aliphatic carbocycles. The summed E-state index contributed by atoms with van der Waals surface area (Å²) < 4.78 is 0. The van der Waals surface area contributed by atoms with Crippen molar-refractivity contribution in [2.45, 2.75) is 27.2 Å². The molecule has 64 valence electrons. The van der Waals surface area contributed by atoms with Gasteiger partial charge in [0.25, 0.3) is 0 Å². The Balaban J connectivity index is 2.41. The van der Waals surface area contributed by atoms with Gasteiger partial charge in [-0.15, -0.1) is 0 Å². The van der Waals surface area contributed by atoms with E-state index in [2.05, 4.69) is 13.8 Å². The highest BCUT2D eigenvalue weighted by molar-refractivity contribution is 5.73. The molecule has 1 saturated heterocycles. The van der Waals surface area contributed by atoms with Crippen LogP contribution in [0.3, 0.4) is 0 Å². The Kier molecular flexibility index (Phi) is 2.53. The predicted molar refractivity (Wildman–Crippen MR) is 45.2 cm³/mol. The molecule has 11 heavy (non-hydrogen) atoms. The Morgan fingerprint density at radius 3 is 2.45 bits per heavy atom. The second-order valence-corrected chi connectivity index (χ2v) is 3.76. The van der Waals surface area contributed by atoms with Crippen LogP contribution in [0, 0.1) is 11.8 Å². The van der Waals surface area contributed by atoms with E-state index in [1.54, 1.807) is 6.92 Å². The van der Waals surface area contributed by atoms with Crippen LogP contribution in [-0.4, -0.2) is 23.9 Å². The maximum absolute atomic E-state index is 10.9. The lowest BCUT2D eigenvalue weighted by molar-refractivity contribution is -0.127. The van der Waals surface area contributed by atoms with Gasteiger partial charge in [-0.3, -0.25) is 4.79 Å². The number of rotatable bonds is 1. The van der Waals surface area contributed by atoms with Crippen molar-refractivity contribution in [3.05, 3.63) is 0 Å². The summed E-state index contributed by atoms with van der Waals surface area (Å²) in [5.74, 6) is 1.69. The van der Waals surface area contributed by atoms with Crippen molar-refractivity contribution in [1.82, 2.24) is 4.90 Å². The molecular formula is C9H17NO. The van der Waals surface area contributed by atoms with Crippen molar-refractivity contribution < 1.29 is 4.79 Å². The third-order valence-corrected chi connectivity index (χ3v) is 2.61. The minimum absolute atomic E-state index is 0.230. The summed E-state index contributed by atoms with van der Waals surface area (Å²) in [5.41, 5.74) is 0. The van der Waals surface area contributed by atoms with E-state index in [0.29, 0.717) is 0 Å². The molecule has 2 nitrogen and oxygen atoms in total. The van der Waals surface area contributed by atoms with Gasteiger partial charge in [0, 0.05) is 20.0 Å². The number of hydrogen-bond donors (Lipinski definition) is 0. The summed E-state index contributed by atoms with van der Waals surface area (Å²) in [6.45, 7) is 8.07. The van der Waals surface area contributed by atoms with Crippen LogP contribution in [0.2, 0.25) is 0 Å². The molecule has 0 aromatic rings. The maximum Gasteiger partial charge on any atom is 0.219 e. The lowest BCUT2D eigenvalue weighted by Gasteiger charge is -2.15. The van der Waals surface area contributed by atoms with Crippen LogP contribution in [0.25, 0.3) is 0 Å². The van der Waals surface area contributed by atoms with E-state index in [-0.39, 0.29) is 5.91 Å². The summed E-state index contributed by atoms with van der Waals surface area (Å²) in [5, 5.41) is 0. The number of carbonyl (C=O) groups is 1. The monoisotopic (exact) mass is 155 g/mol. The second kappa shape index (κ2) is 3.24. The Hall–Kier alpha value is -0.530. The highest BCUT2D eigenvalue weighted by Crippen LogP contribution is 2.23. The standard InChI is InChI=1S/C9H17NO/c1-7(2)9-4-5-10(6-9)8(3)11/h7,9H,4-6H2,1-3H3. The smallest absolute Gasteiger partial charge is 0.219 e. The largest absolute Gasteiger partial charge is 0.343 e. The number of carbonyl (C=O) groups excluding carboxylic acids is 1. The Labute approximate surface area is 68.6 Å². The van der Waals surface area contributed by atoms with Gasteiger partial charge in [-0.25, -0.2) is 0 Å². The lowest BCUT2D eigenvalue weighted by atomic mass is 9.95. The molecule has 0 aromatic heterocycles. The Morgan fingerprint density at radius 1 is 1.55 bits per heavy atom. The van der Waals surface area contributed by atoms with Crippen LogP contribution < -0.4 is 0 Å². The summed E-state index contributed by atoms with van der Waals surface area (Å²) in [6.07, 6.45) is 1.19. The summed E-state index contributed by atoms with van der Waals surface area (Å²) in [4.78, 5) is 12.9. The van der Waals surface area contributed by atoms with Gasteiger partial charge in [0.1, 0.15) is 0 Å². The number of amides is 1. The van der Waals surface area contributed by atoms with E-state index in [9.17, 15) is 4.79 Å². The topological polar surface area (TPSA) is 20.3 Å². The average Bonchev–Trinajstić information content (AvgIpc) is 2.33. The van der Waals surface area contributed by atoms with Crippen molar-refractivity contribution >= 4 is 5.91 Å². The van der Waals surface area contributed by atoms with Gasteiger partial charge in [0.2, 0.25) is 5.91 Å². The van der Waals surface area contributed by atoms with Crippen LogP contribution in [0.15, 0.2) is 0 Å². The van der Waals surface area contributed by atoms with E-state index in [4.69, 9.17) is 0 Å². The van der Waals surface area contributed by atoms with Gasteiger partial charge in [0.15, 0.2) is 0 Å². The zero-order valence-corrected chi connectivity index (χ0v) is 7.63. The van der Waals surface area contributed by atoms with Crippen molar-refractivity contribution in [3.63, 3.8) is 0 Å². The third kappa shape index (κ3) is 1.95. The van der Waals surface area contributed by atoms with E-state index in [1.807, 2.05) is 4.90 Å². The van der Waals surface area contributed by atoms with Crippen LogP contribution in [0.5, 0.6) is 0 Å². The Bertz CT molecular complexity index is 154. The van der Waals surface area contributed by atoms with Crippen LogP contribution in [0.4, 0.5) is 0 Å². The van der Waals surface area contributed by atoms with E-state index < -0.39 is 0 Å². The fourth-order valence-corrected chi connectivity index (χ4v) is 1.62. The first kappa shape index (κ1) is 8.57. The molecule has 0 aromatic carbocycles. The minimum atomic E-state index is 0.230. The van der Waals surface area contributed by atoms with Gasteiger partial charge in [0.05, 0.1) is 0 Å². The molecule has 1 aliphatic heterocycles. The first-order chi connectivity index (χ1) is 5.11. The fourth-order valence-electron chi connectivity index (χ4n) is 1.62. The van der Waals surface area contributed by atoms with Crippen LogP contribution in [0.1, 0.15) is 27.2 Å². The summed E-state index contributed by atoms with van der Waals surface area (Å²) in [7, 11) is 0. The quantitative estimate of drug-likeness (QED) is 0.562. The molecule has 0 N–H and O–H groups in total. The number of likely N-dealkylation sites (tertiary alicyclic amines) is 1. The second-order valence-electron chi connectivity index (χ2n) is 3.76. The molecule has 1 aliphatic rings. The van der Waals surface area contributed by atoms with E-state index >= 15 is 0 Å². The third-order valence-electron chi connectivity index (χ3n) is 2.61. The molecule has 1 heterocycles. The summed E-state index contributed by atoms with van der Waals surface area (Å²) >= 11 is 0.